The van der Waals surface area contributed by atoms with Crippen LogP contribution in [0.25, 0.3) is 0 Å². The van der Waals surface area contributed by atoms with Crippen molar-refractivity contribution in [2.45, 2.75) is 63.1 Å². The number of benzene rings is 1. The van der Waals surface area contributed by atoms with Gasteiger partial charge in [-0.05, 0) is 52.2 Å². The maximum absolute atomic E-state index is 14.0. The highest BCUT2D eigenvalue weighted by molar-refractivity contribution is 7.89. The Hall–Kier alpha value is -1.51. The lowest BCUT2D eigenvalue weighted by Crippen LogP contribution is -3.19. The monoisotopic (exact) mass is 412 g/mol. The first kappa shape index (κ1) is 21.2. The fraction of sp³-hybridized carbons (Fsp3) is 0.650. The predicted octanol–water partition coefficient (Wildman–Crippen LogP) is 0.893. The molecule has 0 spiro atoms. The molecule has 3 atom stereocenters. The number of quaternary nitrogens is 1. The van der Waals surface area contributed by atoms with Crippen molar-refractivity contribution in [1.29, 1.82) is 0 Å². The van der Waals surface area contributed by atoms with Crippen molar-refractivity contribution >= 4 is 15.9 Å². The first-order valence-electron chi connectivity index (χ1n) is 10.1. The lowest BCUT2D eigenvalue weighted by atomic mass is 9.96. The molecule has 0 bridgehead atoms. The summed E-state index contributed by atoms with van der Waals surface area (Å²) in [7, 11) is -3.85. The third-order valence-electron chi connectivity index (χ3n) is 6.25. The second-order valence-corrected chi connectivity index (χ2v) is 10.00. The minimum Gasteiger partial charge on any atom is -0.332 e. The minimum absolute atomic E-state index is 0.153. The fourth-order valence-electron chi connectivity index (χ4n) is 4.49. The summed E-state index contributed by atoms with van der Waals surface area (Å²) in [5, 5.41) is 0. The van der Waals surface area contributed by atoms with E-state index < -0.39 is 15.8 Å². The molecule has 0 unspecified atom stereocenters. The molecule has 2 heterocycles. The summed E-state index contributed by atoms with van der Waals surface area (Å²) in [6.45, 7) is 7.80. The molecule has 156 valence electrons. The second kappa shape index (κ2) is 8.47. The van der Waals surface area contributed by atoms with E-state index in [0.29, 0.717) is 13.1 Å². The number of nitrogens with zero attached hydrogens (tertiary/aromatic N) is 2. The number of halogens is 1. The van der Waals surface area contributed by atoms with E-state index in [9.17, 15) is 17.6 Å². The molecule has 0 radical (unpaired) electrons. The van der Waals surface area contributed by atoms with Crippen LogP contribution in [0.4, 0.5) is 4.39 Å². The molecule has 1 amide bonds. The molecule has 0 saturated carbocycles. The highest BCUT2D eigenvalue weighted by Crippen LogP contribution is 2.23. The zero-order chi connectivity index (χ0) is 20.5. The molecule has 2 fully saturated rings. The van der Waals surface area contributed by atoms with E-state index in [4.69, 9.17) is 0 Å². The number of sulfonamides is 1. The van der Waals surface area contributed by atoms with E-state index in [1.165, 1.54) is 22.5 Å². The zero-order valence-electron chi connectivity index (χ0n) is 16.9. The Kier molecular flexibility index (Phi) is 6.41. The molecule has 3 rings (SSSR count). The van der Waals surface area contributed by atoms with Crippen LogP contribution in [0.1, 0.15) is 40.0 Å². The molecule has 8 heteroatoms. The minimum atomic E-state index is -3.85. The number of carbonyl (C=O) groups is 1. The van der Waals surface area contributed by atoms with Gasteiger partial charge in [-0.2, -0.15) is 4.31 Å². The zero-order valence-corrected chi connectivity index (χ0v) is 17.7. The number of hydrogen-bond acceptors (Lipinski definition) is 3. The average Bonchev–Trinajstić information content (AvgIpc) is 2.67. The number of rotatable bonds is 4. The van der Waals surface area contributed by atoms with E-state index >= 15 is 0 Å². The lowest BCUT2D eigenvalue weighted by molar-refractivity contribution is -0.918. The van der Waals surface area contributed by atoms with Gasteiger partial charge in [0.15, 0.2) is 6.04 Å². The third kappa shape index (κ3) is 4.09. The van der Waals surface area contributed by atoms with Crippen LogP contribution in [0.2, 0.25) is 0 Å². The molecule has 2 saturated heterocycles. The van der Waals surface area contributed by atoms with Crippen molar-refractivity contribution in [1.82, 2.24) is 9.21 Å². The molecule has 6 nitrogen and oxygen atoms in total. The van der Waals surface area contributed by atoms with Gasteiger partial charge in [-0.15, -0.1) is 0 Å². The number of piperidine rings is 1. The quantitative estimate of drug-likeness (QED) is 0.799. The Balaban J connectivity index is 1.65. The van der Waals surface area contributed by atoms with Gasteiger partial charge in [-0.1, -0.05) is 12.1 Å². The third-order valence-corrected chi connectivity index (χ3v) is 8.18. The van der Waals surface area contributed by atoms with Crippen LogP contribution in [-0.2, 0) is 14.8 Å². The van der Waals surface area contributed by atoms with Gasteiger partial charge in [0.05, 0.1) is 26.2 Å². The van der Waals surface area contributed by atoms with E-state index in [2.05, 4.69) is 13.8 Å². The Morgan fingerprint density at radius 1 is 1.14 bits per heavy atom. The van der Waals surface area contributed by atoms with Gasteiger partial charge in [-0.25, -0.2) is 12.8 Å². The second-order valence-electron chi connectivity index (χ2n) is 8.09. The van der Waals surface area contributed by atoms with Crippen LogP contribution in [0.3, 0.4) is 0 Å². The molecule has 1 aromatic rings. The Labute approximate surface area is 167 Å². The van der Waals surface area contributed by atoms with Crippen molar-refractivity contribution in [2.24, 2.45) is 0 Å². The number of likely N-dealkylation sites (tertiary alicyclic amines) is 1. The maximum Gasteiger partial charge on any atom is 0.281 e. The van der Waals surface area contributed by atoms with Crippen molar-refractivity contribution in [2.75, 3.05) is 26.2 Å². The molecular formula is C20H31FN3O3S+. The Morgan fingerprint density at radius 3 is 2.29 bits per heavy atom. The van der Waals surface area contributed by atoms with Crippen LogP contribution in [-0.4, -0.2) is 67.8 Å². The number of hydrogen-bond donors (Lipinski definition) is 1. The van der Waals surface area contributed by atoms with Crippen molar-refractivity contribution in [3.8, 4) is 0 Å². The highest BCUT2D eigenvalue weighted by atomic mass is 32.2. The smallest absolute Gasteiger partial charge is 0.281 e. The van der Waals surface area contributed by atoms with Crippen molar-refractivity contribution in [3.63, 3.8) is 0 Å². The number of carbonyl (C=O) groups excluding carboxylic acids is 1. The van der Waals surface area contributed by atoms with Gasteiger partial charge in [0.25, 0.3) is 5.91 Å². The molecule has 28 heavy (non-hydrogen) atoms. The summed E-state index contributed by atoms with van der Waals surface area (Å²) in [6.07, 6.45) is 3.22. The van der Waals surface area contributed by atoms with Gasteiger partial charge in [-0.3, -0.25) is 4.79 Å². The van der Waals surface area contributed by atoms with Crippen LogP contribution in [0.5, 0.6) is 0 Å². The first-order valence-corrected chi connectivity index (χ1v) is 11.6. The Bertz CT molecular complexity index is 799. The fourth-order valence-corrected chi connectivity index (χ4v) is 6.00. The summed E-state index contributed by atoms with van der Waals surface area (Å²) in [5.74, 6) is -0.575. The van der Waals surface area contributed by atoms with Gasteiger partial charge in [0.1, 0.15) is 10.7 Å². The summed E-state index contributed by atoms with van der Waals surface area (Å²) in [4.78, 5) is 15.9. The first-order chi connectivity index (χ1) is 13.2. The van der Waals surface area contributed by atoms with Crippen molar-refractivity contribution < 1.29 is 22.5 Å². The van der Waals surface area contributed by atoms with E-state index in [1.807, 2.05) is 11.8 Å². The van der Waals surface area contributed by atoms with Crippen LogP contribution in [0.15, 0.2) is 29.2 Å². The summed E-state index contributed by atoms with van der Waals surface area (Å²) in [6, 6.07) is 5.76. The number of nitrogens with one attached hydrogen (secondary N) is 1. The van der Waals surface area contributed by atoms with Crippen LogP contribution < -0.4 is 4.90 Å². The van der Waals surface area contributed by atoms with E-state index in [1.54, 1.807) is 0 Å². The predicted molar refractivity (Wildman–Crippen MR) is 105 cm³/mol. The van der Waals surface area contributed by atoms with Gasteiger partial charge >= 0.3 is 0 Å². The topological polar surface area (TPSA) is 62.1 Å². The van der Waals surface area contributed by atoms with Crippen LogP contribution in [0, 0.1) is 5.82 Å². The van der Waals surface area contributed by atoms with Crippen molar-refractivity contribution in [3.05, 3.63) is 30.1 Å². The Morgan fingerprint density at radius 2 is 1.71 bits per heavy atom. The SMILES string of the molecule is C[C@@H]1CCC[C@@H](C)N1C(=O)[C@@H](C)[NH+]1CCN(S(=O)(=O)c2ccccc2F)CC1. The molecule has 0 aromatic heterocycles. The highest BCUT2D eigenvalue weighted by Gasteiger charge is 2.39. The summed E-state index contributed by atoms with van der Waals surface area (Å²) >= 11 is 0. The van der Waals surface area contributed by atoms with Crippen LogP contribution >= 0.6 is 0 Å². The molecule has 1 aromatic carbocycles. The summed E-state index contributed by atoms with van der Waals surface area (Å²) in [5.41, 5.74) is 0. The summed E-state index contributed by atoms with van der Waals surface area (Å²) < 4.78 is 40.8. The molecular weight excluding hydrogens is 381 g/mol. The molecule has 2 aliphatic heterocycles. The normalized spacial score (nSPS) is 26.2. The molecule has 2 aliphatic rings. The molecule has 1 N–H and O–H groups in total. The van der Waals surface area contributed by atoms with E-state index in [-0.39, 0.29) is 42.0 Å². The van der Waals surface area contributed by atoms with Gasteiger partial charge in [0.2, 0.25) is 10.0 Å². The van der Waals surface area contributed by atoms with E-state index in [0.717, 1.165) is 30.2 Å². The molecule has 0 aliphatic carbocycles. The average molecular weight is 413 g/mol. The van der Waals surface area contributed by atoms with Gasteiger partial charge in [0, 0.05) is 12.1 Å². The maximum atomic E-state index is 14.0. The number of amides is 1. The standard InChI is InChI=1S/C20H30FN3O3S/c1-15-7-6-8-16(2)24(15)20(25)17(3)22-11-13-23(14-12-22)28(26,27)19-10-5-4-9-18(19)21/h4-5,9-10,15-17H,6-8,11-14H2,1-3H3/p+1/t15-,16-,17-/m1/s1. The van der Waals surface area contributed by atoms with Gasteiger partial charge < -0.3 is 9.80 Å². The lowest BCUT2D eigenvalue weighted by Gasteiger charge is -2.42. The number of piperazine rings is 1. The largest absolute Gasteiger partial charge is 0.332 e.